The fourth-order valence-corrected chi connectivity index (χ4v) is 3.37. The molecule has 1 aliphatic heterocycles. The van der Waals surface area contributed by atoms with E-state index in [4.69, 9.17) is 14.0 Å². The number of nitrogens with one attached hydrogen (secondary N) is 1. The summed E-state index contributed by atoms with van der Waals surface area (Å²) in [7, 11) is 0. The van der Waals surface area contributed by atoms with Crippen molar-refractivity contribution in [2.24, 2.45) is 0 Å². The highest BCUT2D eigenvalue weighted by atomic mass is 16.5. The number of fused-ring (bicyclic) bond motifs is 1. The maximum atomic E-state index is 12.4. The lowest BCUT2D eigenvalue weighted by Crippen LogP contribution is -2.32. The molecule has 150 valence electrons. The first-order valence-electron chi connectivity index (χ1n) is 9.73. The lowest BCUT2D eigenvalue weighted by Gasteiger charge is -2.26. The lowest BCUT2D eigenvalue weighted by atomic mass is 9.97. The molecule has 0 saturated heterocycles. The van der Waals surface area contributed by atoms with Crippen LogP contribution < -0.4 is 10.1 Å². The SMILES string of the molecule is Cc1ccc(OCc2cc(C(=O)NC[C@H]3OCCc4ccccc43)no2)cc1C. The first-order chi connectivity index (χ1) is 14.1. The van der Waals surface area contributed by atoms with Crippen LogP contribution in [0.1, 0.15) is 44.6 Å². The summed E-state index contributed by atoms with van der Waals surface area (Å²) < 4.78 is 16.8. The van der Waals surface area contributed by atoms with Crippen LogP contribution in [-0.4, -0.2) is 24.2 Å². The molecule has 0 aliphatic carbocycles. The number of rotatable bonds is 6. The van der Waals surface area contributed by atoms with E-state index in [1.54, 1.807) is 6.07 Å². The van der Waals surface area contributed by atoms with Gasteiger partial charge in [0, 0.05) is 12.6 Å². The standard InChI is InChI=1S/C23H24N2O4/c1-15-7-8-18(11-16(15)2)28-14-19-12-21(25-29-19)23(26)24-13-22-20-6-4-3-5-17(20)9-10-27-22/h3-8,11-12,22H,9-10,13-14H2,1-2H3,(H,24,26)/t22-/m1/s1. The second kappa shape index (κ2) is 8.49. The molecule has 1 amide bonds. The smallest absolute Gasteiger partial charge is 0.273 e. The van der Waals surface area contributed by atoms with Gasteiger partial charge in [-0.15, -0.1) is 0 Å². The summed E-state index contributed by atoms with van der Waals surface area (Å²) in [6.45, 7) is 5.34. The van der Waals surface area contributed by atoms with Gasteiger partial charge in [0.15, 0.2) is 11.5 Å². The van der Waals surface area contributed by atoms with Crippen LogP contribution >= 0.6 is 0 Å². The van der Waals surface area contributed by atoms with Crippen molar-refractivity contribution < 1.29 is 18.8 Å². The fraction of sp³-hybridized carbons (Fsp3) is 0.304. The Morgan fingerprint density at radius 1 is 1.17 bits per heavy atom. The van der Waals surface area contributed by atoms with Crippen molar-refractivity contribution in [2.45, 2.75) is 33.0 Å². The van der Waals surface area contributed by atoms with Gasteiger partial charge in [0.1, 0.15) is 18.5 Å². The van der Waals surface area contributed by atoms with Crippen LogP contribution in [0.3, 0.4) is 0 Å². The zero-order valence-corrected chi connectivity index (χ0v) is 16.6. The molecular weight excluding hydrogens is 368 g/mol. The number of ether oxygens (including phenoxy) is 2. The predicted octanol–water partition coefficient (Wildman–Crippen LogP) is 3.91. The van der Waals surface area contributed by atoms with Gasteiger partial charge in [-0.3, -0.25) is 4.79 Å². The topological polar surface area (TPSA) is 73.6 Å². The summed E-state index contributed by atoms with van der Waals surface area (Å²) in [5.41, 5.74) is 4.99. The van der Waals surface area contributed by atoms with Gasteiger partial charge in [0.25, 0.3) is 5.91 Å². The summed E-state index contributed by atoms with van der Waals surface area (Å²) in [5, 5.41) is 6.74. The number of aromatic nitrogens is 1. The second-order valence-corrected chi connectivity index (χ2v) is 7.23. The average molecular weight is 392 g/mol. The molecule has 0 bridgehead atoms. The van der Waals surface area contributed by atoms with Crippen molar-refractivity contribution in [1.29, 1.82) is 0 Å². The molecule has 0 saturated carbocycles. The third-order valence-corrected chi connectivity index (χ3v) is 5.19. The summed E-state index contributed by atoms with van der Waals surface area (Å²) in [4.78, 5) is 12.4. The van der Waals surface area contributed by atoms with Crippen molar-refractivity contribution >= 4 is 5.91 Å². The van der Waals surface area contributed by atoms with Crippen molar-refractivity contribution in [3.63, 3.8) is 0 Å². The quantitative estimate of drug-likeness (QED) is 0.688. The molecule has 0 unspecified atom stereocenters. The van der Waals surface area contributed by atoms with Crippen LogP contribution in [0.2, 0.25) is 0 Å². The molecule has 0 spiro atoms. The molecule has 4 rings (SSSR count). The molecule has 2 heterocycles. The largest absolute Gasteiger partial charge is 0.486 e. The second-order valence-electron chi connectivity index (χ2n) is 7.23. The van der Waals surface area contributed by atoms with Crippen molar-refractivity contribution in [2.75, 3.05) is 13.2 Å². The van der Waals surface area contributed by atoms with Crippen LogP contribution in [0.4, 0.5) is 0 Å². The Labute approximate surface area is 169 Å². The summed E-state index contributed by atoms with van der Waals surface area (Å²) in [5.74, 6) is 0.953. The van der Waals surface area contributed by atoms with E-state index in [1.165, 1.54) is 11.1 Å². The minimum absolute atomic E-state index is 0.150. The molecule has 0 radical (unpaired) electrons. The Morgan fingerprint density at radius 2 is 2.03 bits per heavy atom. The Morgan fingerprint density at radius 3 is 2.90 bits per heavy atom. The van der Waals surface area contributed by atoms with Crippen LogP contribution in [0.25, 0.3) is 0 Å². The van der Waals surface area contributed by atoms with E-state index < -0.39 is 0 Å². The van der Waals surface area contributed by atoms with Crippen LogP contribution in [-0.2, 0) is 17.8 Å². The summed E-state index contributed by atoms with van der Waals surface area (Å²) >= 11 is 0. The van der Waals surface area contributed by atoms with E-state index in [2.05, 4.69) is 23.5 Å². The van der Waals surface area contributed by atoms with Crippen molar-refractivity contribution in [1.82, 2.24) is 10.5 Å². The molecule has 1 atom stereocenters. The average Bonchev–Trinajstić information content (AvgIpc) is 3.22. The molecule has 1 aromatic heterocycles. The van der Waals surface area contributed by atoms with E-state index in [0.29, 0.717) is 18.9 Å². The highest BCUT2D eigenvalue weighted by molar-refractivity contribution is 5.92. The Hall–Kier alpha value is -3.12. The van der Waals surface area contributed by atoms with Crippen molar-refractivity contribution in [3.8, 4) is 5.75 Å². The number of benzene rings is 2. The van der Waals surface area contributed by atoms with E-state index >= 15 is 0 Å². The Bertz CT molecular complexity index is 1010. The highest BCUT2D eigenvalue weighted by Gasteiger charge is 2.22. The Balaban J connectivity index is 1.32. The molecule has 2 aromatic carbocycles. The van der Waals surface area contributed by atoms with E-state index in [0.717, 1.165) is 23.3 Å². The molecule has 6 heteroatoms. The van der Waals surface area contributed by atoms with Crippen LogP contribution in [0.15, 0.2) is 53.1 Å². The third kappa shape index (κ3) is 4.49. The number of nitrogens with zero attached hydrogens (tertiary/aromatic N) is 1. The zero-order chi connectivity index (χ0) is 20.2. The molecule has 0 fully saturated rings. The van der Waals surface area contributed by atoms with Crippen LogP contribution in [0.5, 0.6) is 5.75 Å². The van der Waals surface area contributed by atoms with Gasteiger partial charge in [0.05, 0.1) is 6.61 Å². The third-order valence-electron chi connectivity index (χ3n) is 5.19. The lowest BCUT2D eigenvalue weighted by molar-refractivity contribution is 0.0410. The summed E-state index contributed by atoms with van der Waals surface area (Å²) in [6, 6.07) is 15.7. The normalized spacial score (nSPS) is 15.6. The van der Waals surface area contributed by atoms with E-state index in [-0.39, 0.29) is 24.3 Å². The molecule has 1 N–H and O–H groups in total. The van der Waals surface area contributed by atoms with Gasteiger partial charge in [-0.2, -0.15) is 0 Å². The van der Waals surface area contributed by atoms with Crippen LogP contribution in [0, 0.1) is 13.8 Å². The Kier molecular flexibility index (Phi) is 5.62. The van der Waals surface area contributed by atoms with Crippen molar-refractivity contribution in [3.05, 3.63) is 82.2 Å². The first kappa shape index (κ1) is 19.2. The number of carbonyl (C=O) groups is 1. The summed E-state index contributed by atoms with van der Waals surface area (Å²) in [6.07, 6.45) is 0.747. The first-order valence-corrected chi connectivity index (χ1v) is 9.73. The highest BCUT2D eigenvalue weighted by Crippen LogP contribution is 2.26. The maximum absolute atomic E-state index is 12.4. The number of hydrogen-bond acceptors (Lipinski definition) is 5. The monoisotopic (exact) mass is 392 g/mol. The maximum Gasteiger partial charge on any atom is 0.273 e. The van der Waals surface area contributed by atoms with Gasteiger partial charge in [0.2, 0.25) is 0 Å². The van der Waals surface area contributed by atoms with Gasteiger partial charge in [-0.05, 0) is 54.7 Å². The molecule has 29 heavy (non-hydrogen) atoms. The van der Waals surface area contributed by atoms with Gasteiger partial charge in [-0.25, -0.2) is 0 Å². The number of amides is 1. The fourth-order valence-electron chi connectivity index (χ4n) is 3.37. The molecule has 6 nitrogen and oxygen atoms in total. The molecule has 3 aromatic rings. The minimum Gasteiger partial charge on any atom is -0.486 e. The number of carbonyl (C=O) groups excluding carboxylic acids is 1. The number of aryl methyl sites for hydroxylation is 2. The molecular formula is C23H24N2O4. The number of hydrogen-bond donors (Lipinski definition) is 1. The van der Waals surface area contributed by atoms with Gasteiger partial charge < -0.3 is 19.3 Å². The minimum atomic E-state index is -0.294. The molecule has 1 aliphatic rings. The predicted molar refractivity (Wildman–Crippen MR) is 108 cm³/mol. The van der Waals surface area contributed by atoms with E-state index in [1.807, 2.05) is 43.3 Å². The van der Waals surface area contributed by atoms with Gasteiger partial charge in [-0.1, -0.05) is 35.5 Å². The van der Waals surface area contributed by atoms with Gasteiger partial charge >= 0.3 is 0 Å². The van der Waals surface area contributed by atoms with E-state index in [9.17, 15) is 4.79 Å². The zero-order valence-electron chi connectivity index (χ0n) is 16.6.